The molecule has 20 heavy (non-hydrogen) atoms. The van der Waals surface area contributed by atoms with Crippen molar-refractivity contribution in [2.24, 2.45) is 0 Å². The van der Waals surface area contributed by atoms with Gasteiger partial charge in [-0.25, -0.2) is 0 Å². The molecule has 1 saturated heterocycles. The number of aryl methyl sites for hydroxylation is 2. The summed E-state index contributed by atoms with van der Waals surface area (Å²) in [6.45, 7) is 6.22. The Hall–Kier alpha value is -1.06. The quantitative estimate of drug-likeness (QED) is 0.799. The molecular formula is C16H22ClNO2. The summed E-state index contributed by atoms with van der Waals surface area (Å²) in [7, 11) is 0. The maximum atomic E-state index is 12.4. The maximum Gasteiger partial charge on any atom is 0.253 e. The molecule has 1 aliphatic heterocycles. The van der Waals surface area contributed by atoms with Crippen LogP contribution in [0.25, 0.3) is 0 Å². The lowest BCUT2D eigenvalue weighted by Crippen LogP contribution is -2.41. The fourth-order valence-corrected chi connectivity index (χ4v) is 2.58. The number of carbonyl (C=O) groups excluding carboxylic acids is 1. The summed E-state index contributed by atoms with van der Waals surface area (Å²) in [4.78, 5) is 14.4. The smallest absolute Gasteiger partial charge is 0.253 e. The topological polar surface area (TPSA) is 29.5 Å². The highest BCUT2D eigenvalue weighted by molar-refractivity contribution is 6.17. The van der Waals surface area contributed by atoms with E-state index in [0.717, 1.165) is 37.1 Å². The Balaban J connectivity index is 1.92. The van der Waals surface area contributed by atoms with E-state index >= 15 is 0 Å². The van der Waals surface area contributed by atoms with Crippen LogP contribution < -0.4 is 0 Å². The summed E-state index contributed by atoms with van der Waals surface area (Å²) in [6.07, 6.45) is 2.04. The molecule has 4 heteroatoms. The van der Waals surface area contributed by atoms with Crippen LogP contribution in [-0.4, -0.2) is 42.5 Å². The minimum atomic E-state index is 0.129. The third kappa shape index (κ3) is 3.74. The van der Waals surface area contributed by atoms with E-state index < -0.39 is 0 Å². The molecule has 1 fully saturated rings. The van der Waals surface area contributed by atoms with Gasteiger partial charge in [-0.2, -0.15) is 0 Å². The van der Waals surface area contributed by atoms with Gasteiger partial charge in [-0.3, -0.25) is 4.79 Å². The standard InChI is InChI=1S/C16H22ClNO2/c1-12-3-4-14(11-13(12)2)16(19)18-8-5-15(6-9-18)20-10-7-17/h3-4,11,15H,5-10H2,1-2H3. The summed E-state index contributed by atoms with van der Waals surface area (Å²) in [5.74, 6) is 0.658. The SMILES string of the molecule is Cc1ccc(C(=O)N2CCC(OCCCl)CC2)cc1C. The van der Waals surface area contributed by atoms with Crippen LogP contribution in [0.5, 0.6) is 0 Å². The molecule has 0 unspecified atom stereocenters. The molecule has 1 heterocycles. The molecule has 0 aliphatic carbocycles. The Kier molecular flexibility index (Phi) is 5.44. The monoisotopic (exact) mass is 295 g/mol. The third-order valence-electron chi connectivity index (χ3n) is 3.91. The van der Waals surface area contributed by atoms with Gasteiger partial charge in [0.05, 0.1) is 12.7 Å². The fourth-order valence-electron chi connectivity index (χ4n) is 2.49. The van der Waals surface area contributed by atoms with Gasteiger partial charge >= 0.3 is 0 Å². The number of amides is 1. The van der Waals surface area contributed by atoms with Crippen molar-refractivity contribution in [3.05, 3.63) is 34.9 Å². The van der Waals surface area contributed by atoms with Crippen LogP contribution in [0.15, 0.2) is 18.2 Å². The first-order chi connectivity index (χ1) is 9.61. The van der Waals surface area contributed by atoms with Crippen LogP contribution in [0.1, 0.15) is 34.3 Å². The zero-order valence-corrected chi connectivity index (χ0v) is 12.9. The number of rotatable bonds is 4. The lowest BCUT2D eigenvalue weighted by atomic mass is 10.0. The lowest BCUT2D eigenvalue weighted by molar-refractivity contribution is 0.0154. The largest absolute Gasteiger partial charge is 0.377 e. The van der Waals surface area contributed by atoms with Crippen LogP contribution in [0.3, 0.4) is 0 Å². The molecule has 1 aliphatic rings. The van der Waals surface area contributed by atoms with Crippen LogP contribution in [-0.2, 0) is 4.74 Å². The van der Waals surface area contributed by atoms with E-state index in [1.54, 1.807) is 0 Å². The van der Waals surface area contributed by atoms with E-state index in [0.29, 0.717) is 12.5 Å². The van der Waals surface area contributed by atoms with Crippen molar-refractivity contribution in [1.29, 1.82) is 0 Å². The number of alkyl halides is 1. The highest BCUT2D eigenvalue weighted by atomic mass is 35.5. The Morgan fingerprint density at radius 3 is 2.60 bits per heavy atom. The number of carbonyl (C=O) groups is 1. The predicted molar refractivity (Wildman–Crippen MR) is 81.5 cm³/mol. The molecule has 3 nitrogen and oxygen atoms in total. The summed E-state index contributed by atoms with van der Waals surface area (Å²) < 4.78 is 5.63. The van der Waals surface area contributed by atoms with Gasteiger partial charge in [-0.1, -0.05) is 6.07 Å². The zero-order valence-electron chi connectivity index (χ0n) is 12.2. The van der Waals surface area contributed by atoms with Crippen molar-refractivity contribution < 1.29 is 9.53 Å². The molecule has 110 valence electrons. The molecule has 0 bridgehead atoms. The Bertz CT molecular complexity index is 468. The van der Waals surface area contributed by atoms with E-state index in [-0.39, 0.29) is 12.0 Å². The Morgan fingerprint density at radius 2 is 2.00 bits per heavy atom. The van der Waals surface area contributed by atoms with Crippen molar-refractivity contribution in [1.82, 2.24) is 4.90 Å². The van der Waals surface area contributed by atoms with E-state index in [9.17, 15) is 4.79 Å². The molecule has 0 aromatic heterocycles. The normalized spacial score (nSPS) is 16.4. The molecule has 0 atom stereocenters. The molecule has 1 amide bonds. The van der Waals surface area contributed by atoms with Gasteiger partial charge in [-0.15, -0.1) is 11.6 Å². The molecule has 1 aromatic carbocycles. The minimum absolute atomic E-state index is 0.129. The average Bonchev–Trinajstić information content (AvgIpc) is 2.48. The van der Waals surface area contributed by atoms with Crippen LogP contribution in [0.2, 0.25) is 0 Å². The van der Waals surface area contributed by atoms with Gasteiger partial charge in [-0.05, 0) is 49.9 Å². The zero-order chi connectivity index (χ0) is 14.5. The lowest BCUT2D eigenvalue weighted by Gasteiger charge is -2.32. The first-order valence-electron chi connectivity index (χ1n) is 7.16. The van der Waals surface area contributed by atoms with Crippen LogP contribution in [0, 0.1) is 13.8 Å². The van der Waals surface area contributed by atoms with E-state index in [4.69, 9.17) is 16.3 Å². The van der Waals surface area contributed by atoms with Crippen molar-refractivity contribution in [3.8, 4) is 0 Å². The molecule has 0 radical (unpaired) electrons. The van der Waals surface area contributed by atoms with Gasteiger partial charge in [0, 0.05) is 24.5 Å². The van der Waals surface area contributed by atoms with E-state index in [2.05, 4.69) is 6.92 Å². The summed E-state index contributed by atoms with van der Waals surface area (Å²) >= 11 is 5.62. The second kappa shape index (κ2) is 7.09. The highest BCUT2D eigenvalue weighted by Gasteiger charge is 2.24. The molecular weight excluding hydrogens is 274 g/mol. The molecule has 1 aromatic rings. The Morgan fingerprint density at radius 1 is 1.30 bits per heavy atom. The second-order valence-corrected chi connectivity index (χ2v) is 5.73. The van der Waals surface area contributed by atoms with Crippen molar-refractivity contribution in [3.63, 3.8) is 0 Å². The second-order valence-electron chi connectivity index (χ2n) is 5.35. The van der Waals surface area contributed by atoms with Crippen molar-refractivity contribution in [2.45, 2.75) is 32.8 Å². The minimum Gasteiger partial charge on any atom is -0.377 e. The van der Waals surface area contributed by atoms with Gasteiger partial charge in [0.25, 0.3) is 5.91 Å². The number of benzene rings is 1. The average molecular weight is 296 g/mol. The van der Waals surface area contributed by atoms with E-state index in [1.807, 2.05) is 30.0 Å². The fraction of sp³-hybridized carbons (Fsp3) is 0.562. The summed E-state index contributed by atoms with van der Waals surface area (Å²) in [5, 5.41) is 0. The highest BCUT2D eigenvalue weighted by Crippen LogP contribution is 2.18. The first kappa shape index (κ1) is 15.3. The molecule has 0 N–H and O–H groups in total. The van der Waals surface area contributed by atoms with Crippen LogP contribution in [0.4, 0.5) is 0 Å². The molecule has 0 saturated carbocycles. The maximum absolute atomic E-state index is 12.4. The van der Waals surface area contributed by atoms with Crippen molar-refractivity contribution in [2.75, 3.05) is 25.6 Å². The Labute approximate surface area is 125 Å². The molecule has 0 spiro atoms. The first-order valence-corrected chi connectivity index (χ1v) is 7.69. The van der Waals surface area contributed by atoms with Crippen molar-refractivity contribution >= 4 is 17.5 Å². The summed E-state index contributed by atoms with van der Waals surface area (Å²) in [6, 6.07) is 5.91. The predicted octanol–water partition coefficient (Wildman–Crippen LogP) is 3.16. The summed E-state index contributed by atoms with van der Waals surface area (Å²) in [5.41, 5.74) is 3.17. The van der Waals surface area contributed by atoms with E-state index in [1.165, 1.54) is 5.56 Å². The van der Waals surface area contributed by atoms with Gasteiger partial charge in [0.15, 0.2) is 0 Å². The number of nitrogens with zero attached hydrogens (tertiary/aromatic N) is 1. The number of halogens is 1. The number of hydrogen-bond acceptors (Lipinski definition) is 2. The van der Waals surface area contributed by atoms with Crippen LogP contribution >= 0.6 is 11.6 Å². The third-order valence-corrected chi connectivity index (χ3v) is 4.07. The van der Waals surface area contributed by atoms with Gasteiger partial charge < -0.3 is 9.64 Å². The number of piperidine rings is 1. The number of hydrogen-bond donors (Lipinski definition) is 0. The van der Waals surface area contributed by atoms with Gasteiger partial charge in [0.1, 0.15) is 0 Å². The number of ether oxygens (including phenoxy) is 1. The van der Waals surface area contributed by atoms with Gasteiger partial charge in [0.2, 0.25) is 0 Å². The number of likely N-dealkylation sites (tertiary alicyclic amines) is 1. The molecule has 2 rings (SSSR count).